The fourth-order valence-electron chi connectivity index (χ4n) is 6.23. The van der Waals surface area contributed by atoms with Crippen LogP contribution in [0.15, 0.2) is 43.1 Å². The first-order chi connectivity index (χ1) is 20.8. The molecule has 1 amide bonds. The lowest BCUT2D eigenvalue weighted by Gasteiger charge is -2.53. The Morgan fingerprint density at radius 2 is 1.98 bits per heavy atom. The van der Waals surface area contributed by atoms with Crippen molar-refractivity contribution >= 4 is 22.9 Å². The lowest BCUT2D eigenvalue weighted by atomic mass is 9.83. The molecule has 222 valence electrons. The maximum atomic E-state index is 14.5. The Balaban J connectivity index is 1.17. The standard InChI is InChI=1S/C31H33FN8O3/c1-3-14-43-30(42)25-16-36-28-23(4-11-35-28)26(25)21-15-37-40(17-21)31(8-9-33)18-39(19-31)22-6-12-38(13-7-22)29(41)24-5-10-34-20(2)27(24)32/h4-5,10-11,15-17,22H,3,6-8,12-14,18-19H2,1-2H3,(H,35,36). The minimum absolute atomic E-state index is 0.0605. The van der Waals surface area contributed by atoms with Gasteiger partial charge >= 0.3 is 5.97 Å². The number of aromatic nitrogens is 5. The number of carbonyl (C=O) groups is 2. The van der Waals surface area contributed by atoms with E-state index in [2.05, 4.69) is 31.0 Å². The number of H-pyrrole nitrogens is 1. The molecule has 0 radical (unpaired) electrons. The van der Waals surface area contributed by atoms with Crippen molar-refractivity contribution in [2.45, 2.75) is 51.1 Å². The number of piperidine rings is 1. The van der Waals surface area contributed by atoms with E-state index in [0.717, 1.165) is 23.8 Å². The molecule has 11 nitrogen and oxygen atoms in total. The summed E-state index contributed by atoms with van der Waals surface area (Å²) in [5.74, 6) is -1.31. The van der Waals surface area contributed by atoms with Crippen LogP contribution in [0.4, 0.5) is 4.39 Å². The topological polar surface area (TPSA) is 133 Å². The number of nitriles is 1. The van der Waals surface area contributed by atoms with Gasteiger partial charge in [0.15, 0.2) is 5.82 Å². The van der Waals surface area contributed by atoms with Gasteiger partial charge in [-0.15, -0.1) is 0 Å². The summed E-state index contributed by atoms with van der Waals surface area (Å²) < 4.78 is 21.8. The van der Waals surface area contributed by atoms with Gasteiger partial charge in [-0.05, 0) is 38.3 Å². The number of hydrogen-bond acceptors (Lipinski definition) is 8. The van der Waals surface area contributed by atoms with Crippen LogP contribution in [0.5, 0.6) is 0 Å². The summed E-state index contributed by atoms with van der Waals surface area (Å²) in [6.07, 6.45) is 10.9. The van der Waals surface area contributed by atoms with Crippen molar-refractivity contribution in [3.05, 3.63) is 65.8 Å². The first-order valence-corrected chi connectivity index (χ1v) is 14.6. The highest BCUT2D eigenvalue weighted by Gasteiger charge is 2.48. The van der Waals surface area contributed by atoms with Crippen LogP contribution in [0, 0.1) is 24.1 Å². The number of amides is 1. The number of likely N-dealkylation sites (tertiary alicyclic amines) is 2. The Labute approximate surface area is 248 Å². The summed E-state index contributed by atoms with van der Waals surface area (Å²) >= 11 is 0. The maximum Gasteiger partial charge on any atom is 0.340 e. The van der Waals surface area contributed by atoms with Crippen molar-refractivity contribution in [1.82, 2.24) is 34.5 Å². The van der Waals surface area contributed by atoms with Gasteiger partial charge in [0.2, 0.25) is 0 Å². The van der Waals surface area contributed by atoms with Gasteiger partial charge < -0.3 is 14.6 Å². The monoisotopic (exact) mass is 584 g/mol. The summed E-state index contributed by atoms with van der Waals surface area (Å²) in [5.41, 5.74) is 2.23. The number of rotatable bonds is 8. The van der Waals surface area contributed by atoms with Gasteiger partial charge in [0, 0.05) is 73.5 Å². The molecule has 12 heteroatoms. The lowest BCUT2D eigenvalue weighted by Crippen LogP contribution is -2.66. The number of ether oxygens (including phenoxy) is 1. The van der Waals surface area contributed by atoms with E-state index in [1.807, 2.05) is 23.9 Å². The molecular formula is C31H33FN8O3. The van der Waals surface area contributed by atoms with Gasteiger partial charge in [0.1, 0.15) is 11.2 Å². The molecule has 0 aromatic carbocycles. The highest BCUT2D eigenvalue weighted by molar-refractivity contribution is 6.06. The minimum atomic E-state index is -0.564. The van der Waals surface area contributed by atoms with Crippen LogP contribution in [-0.4, -0.2) is 85.2 Å². The first kappa shape index (κ1) is 28.5. The van der Waals surface area contributed by atoms with Gasteiger partial charge in [-0.3, -0.25) is 19.4 Å². The fourth-order valence-corrected chi connectivity index (χ4v) is 6.23. The second-order valence-electron chi connectivity index (χ2n) is 11.3. The van der Waals surface area contributed by atoms with Crippen LogP contribution in [0.2, 0.25) is 0 Å². The van der Waals surface area contributed by atoms with Gasteiger partial charge in [-0.25, -0.2) is 14.2 Å². The van der Waals surface area contributed by atoms with E-state index in [9.17, 15) is 19.2 Å². The van der Waals surface area contributed by atoms with Crippen molar-refractivity contribution < 1.29 is 18.7 Å². The number of fused-ring (bicyclic) bond motifs is 1. The van der Waals surface area contributed by atoms with Crippen LogP contribution < -0.4 is 0 Å². The summed E-state index contributed by atoms with van der Waals surface area (Å²) in [4.78, 5) is 41.4. The molecule has 4 aromatic heterocycles. The van der Waals surface area contributed by atoms with Crippen molar-refractivity contribution in [1.29, 1.82) is 5.26 Å². The van der Waals surface area contributed by atoms with E-state index in [1.54, 1.807) is 24.2 Å². The molecule has 2 aliphatic rings. The SMILES string of the molecule is CCCOC(=O)c1cnc2[nH]ccc2c1-c1cnn(C2(CC#N)CN(C3CCN(C(=O)c4ccnc(C)c4F)CC3)C2)c1. The van der Waals surface area contributed by atoms with Gasteiger partial charge in [0.05, 0.1) is 42.1 Å². The second-order valence-corrected chi connectivity index (χ2v) is 11.3. The van der Waals surface area contributed by atoms with Crippen molar-refractivity contribution in [2.24, 2.45) is 0 Å². The van der Waals surface area contributed by atoms with Crippen LogP contribution in [-0.2, 0) is 10.3 Å². The minimum Gasteiger partial charge on any atom is -0.462 e. The third-order valence-corrected chi connectivity index (χ3v) is 8.57. The van der Waals surface area contributed by atoms with Crippen LogP contribution in [0.25, 0.3) is 22.2 Å². The van der Waals surface area contributed by atoms with Crippen molar-refractivity contribution in [3.8, 4) is 17.2 Å². The third kappa shape index (κ3) is 5.14. The zero-order valence-corrected chi connectivity index (χ0v) is 24.2. The van der Waals surface area contributed by atoms with E-state index in [0.29, 0.717) is 56.0 Å². The molecule has 0 atom stereocenters. The first-order valence-electron chi connectivity index (χ1n) is 14.6. The average Bonchev–Trinajstić information content (AvgIpc) is 3.69. The molecule has 0 spiro atoms. The molecule has 2 saturated heterocycles. The number of nitrogens with zero attached hydrogens (tertiary/aromatic N) is 7. The normalized spacial score (nSPS) is 17.0. The zero-order chi connectivity index (χ0) is 30.1. The number of hydrogen-bond donors (Lipinski definition) is 1. The summed E-state index contributed by atoms with van der Waals surface area (Å²) in [6.45, 7) is 6.15. The van der Waals surface area contributed by atoms with E-state index in [4.69, 9.17) is 4.74 Å². The lowest BCUT2D eigenvalue weighted by molar-refractivity contribution is -0.0412. The fraction of sp³-hybridized carbons (Fsp3) is 0.419. The Hall–Kier alpha value is -4.63. The Morgan fingerprint density at radius 1 is 1.19 bits per heavy atom. The van der Waals surface area contributed by atoms with E-state index in [1.165, 1.54) is 18.5 Å². The third-order valence-electron chi connectivity index (χ3n) is 8.57. The second kappa shape index (κ2) is 11.6. The molecule has 0 bridgehead atoms. The number of nitrogens with one attached hydrogen (secondary N) is 1. The van der Waals surface area contributed by atoms with Gasteiger partial charge in [0.25, 0.3) is 5.91 Å². The molecule has 43 heavy (non-hydrogen) atoms. The van der Waals surface area contributed by atoms with Gasteiger partial charge in [-0.1, -0.05) is 6.92 Å². The predicted molar refractivity (Wildman–Crippen MR) is 156 cm³/mol. The van der Waals surface area contributed by atoms with Crippen molar-refractivity contribution in [2.75, 3.05) is 32.8 Å². The number of halogens is 1. The quantitative estimate of drug-likeness (QED) is 0.307. The molecule has 6 heterocycles. The number of aryl methyl sites for hydroxylation is 1. The molecule has 0 unspecified atom stereocenters. The molecule has 0 saturated carbocycles. The highest BCUT2D eigenvalue weighted by atomic mass is 19.1. The number of esters is 1. The Bertz CT molecular complexity index is 1710. The zero-order valence-electron chi connectivity index (χ0n) is 24.2. The smallest absolute Gasteiger partial charge is 0.340 e. The highest BCUT2D eigenvalue weighted by Crippen LogP contribution is 2.38. The Morgan fingerprint density at radius 3 is 2.72 bits per heavy atom. The largest absolute Gasteiger partial charge is 0.462 e. The average molecular weight is 585 g/mol. The number of pyridine rings is 2. The van der Waals surface area contributed by atoms with Gasteiger partial charge in [-0.2, -0.15) is 10.4 Å². The maximum absolute atomic E-state index is 14.5. The van der Waals surface area contributed by atoms with Crippen LogP contribution in [0.3, 0.4) is 0 Å². The summed E-state index contributed by atoms with van der Waals surface area (Å²) in [6, 6.07) is 5.90. The molecular weight excluding hydrogens is 551 g/mol. The molecule has 2 aliphatic heterocycles. The Kier molecular flexibility index (Phi) is 7.66. The van der Waals surface area contributed by atoms with E-state index >= 15 is 0 Å². The van der Waals surface area contributed by atoms with Crippen molar-refractivity contribution in [3.63, 3.8) is 0 Å². The predicted octanol–water partition coefficient (Wildman–Crippen LogP) is 4.07. The van der Waals surface area contributed by atoms with Crippen LogP contribution >= 0.6 is 0 Å². The van der Waals surface area contributed by atoms with E-state index < -0.39 is 17.3 Å². The van der Waals surface area contributed by atoms with Crippen LogP contribution in [0.1, 0.15) is 59.0 Å². The molecule has 6 rings (SSSR count). The number of carbonyl (C=O) groups excluding carboxylic acids is 2. The molecule has 0 aliphatic carbocycles. The summed E-state index contributed by atoms with van der Waals surface area (Å²) in [7, 11) is 0. The van der Waals surface area contributed by atoms with E-state index in [-0.39, 0.29) is 29.6 Å². The summed E-state index contributed by atoms with van der Waals surface area (Å²) in [5, 5.41) is 15.2. The molecule has 1 N–H and O–H groups in total. The molecule has 2 fully saturated rings. The molecule has 4 aromatic rings. The number of aromatic amines is 1.